The van der Waals surface area contributed by atoms with Gasteiger partial charge < -0.3 is 9.47 Å². The summed E-state index contributed by atoms with van der Waals surface area (Å²) in [6.07, 6.45) is 5.16. The molecule has 0 fully saturated rings. The SMILES string of the molecule is COC(=O)c1ccc(CBr)nc1.COC(=O)c1ccc(CN(c2cccc(C)c2)S(C)(=O)=O)nc1.Cc1cccc(NS(C)(=O)=O)c1. The molecule has 0 amide bonds. The lowest BCUT2D eigenvalue weighted by molar-refractivity contribution is 0.0591. The maximum Gasteiger partial charge on any atom is 0.339 e. The zero-order valence-electron chi connectivity index (χ0n) is 26.8. The van der Waals surface area contributed by atoms with E-state index in [9.17, 15) is 26.4 Å². The number of methoxy groups -OCH3 is 2. The first-order valence-electron chi connectivity index (χ1n) is 13.8. The smallest absolute Gasteiger partial charge is 0.339 e. The summed E-state index contributed by atoms with van der Waals surface area (Å²) in [6.45, 7) is 3.89. The van der Waals surface area contributed by atoms with Crippen molar-refractivity contribution in [1.82, 2.24) is 9.97 Å². The summed E-state index contributed by atoms with van der Waals surface area (Å²) in [5, 5.41) is 0.689. The van der Waals surface area contributed by atoms with Gasteiger partial charge in [-0.3, -0.25) is 19.0 Å². The summed E-state index contributed by atoms with van der Waals surface area (Å²) in [5.74, 6) is -0.841. The minimum Gasteiger partial charge on any atom is -0.465 e. The van der Waals surface area contributed by atoms with Gasteiger partial charge in [0, 0.05) is 23.4 Å². The van der Waals surface area contributed by atoms with Gasteiger partial charge in [-0.15, -0.1) is 0 Å². The molecule has 2 aromatic carbocycles. The van der Waals surface area contributed by atoms with Crippen LogP contribution in [0.2, 0.25) is 0 Å². The highest BCUT2D eigenvalue weighted by molar-refractivity contribution is 9.08. The van der Waals surface area contributed by atoms with Crippen molar-refractivity contribution in [3.05, 3.63) is 119 Å². The van der Waals surface area contributed by atoms with Crippen LogP contribution in [-0.4, -0.2) is 65.5 Å². The normalized spacial score (nSPS) is 10.7. The average molecular weight is 750 g/mol. The number of esters is 2. The number of benzene rings is 2. The van der Waals surface area contributed by atoms with E-state index >= 15 is 0 Å². The van der Waals surface area contributed by atoms with E-state index in [0.717, 1.165) is 29.3 Å². The highest BCUT2D eigenvalue weighted by Crippen LogP contribution is 2.21. The number of ether oxygens (including phenoxy) is 2. The number of carbonyl (C=O) groups is 2. The van der Waals surface area contributed by atoms with Crippen LogP contribution in [0.25, 0.3) is 0 Å². The predicted molar refractivity (Wildman–Crippen MR) is 186 cm³/mol. The van der Waals surface area contributed by atoms with Crippen molar-refractivity contribution >= 4 is 59.3 Å². The van der Waals surface area contributed by atoms with E-state index in [-0.39, 0.29) is 12.5 Å². The number of aryl methyl sites for hydroxylation is 2. The van der Waals surface area contributed by atoms with Gasteiger partial charge >= 0.3 is 11.9 Å². The number of nitrogens with one attached hydrogen (secondary N) is 1. The van der Waals surface area contributed by atoms with Crippen molar-refractivity contribution < 1.29 is 35.9 Å². The van der Waals surface area contributed by atoms with Gasteiger partial charge in [0.1, 0.15) is 0 Å². The lowest BCUT2D eigenvalue weighted by Crippen LogP contribution is -2.29. The number of nitrogens with zero attached hydrogens (tertiary/aromatic N) is 3. The third-order valence-electron chi connectivity index (χ3n) is 5.95. The van der Waals surface area contributed by atoms with Gasteiger partial charge in [0.2, 0.25) is 20.0 Å². The molecule has 0 unspecified atom stereocenters. The maximum atomic E-state index is 12.1. The van der Waals surface area contributed by atoms with Crippen molar-refractivity contribution in [3.63, 3.8) is 0 Å². The summed E-state index contributed by atoms with van der Waals surface area (Å²) >= 11 is 3.26. The van der Waals surface area contributed by atoms with Crippen molar-refractivity contribution in [1.29, 1.82) is 0 Å². The molecular formula is C32H37BrN4O8S2. The zero-order chi connectivity index (χ0) is 35.2. The fourth-order valence-electron chi connectivity index (χ4n) is 3.75. The molecule has 252 valence electrons. The molecule has 0 aliphatic carbocycles. The Balaban J connectivity index is 0.000000270. The van der Waals surface area contributed by atoms with E-state index < -0.39 is 26.0 Å². The molecular weight excluding hydrogens is 712 g/mol. The number of sulfonamides is 2. The largest absolute Gasteiger partial charge is 0.465 e. The first kappa shape index (κ1) is 38.8. The van der Waals surface area contributed by atoms with Crippen LogP contribution in [0.5, 0.6) is 0 Å². The van der Waals surface area contributed by atoms with Gasteiger partial charge in [-0.05, 0) is 73.5 Å². The molecule has 0 spiro atoms. The third kappa shape index (κ3) is 13.9. The first-order valence-corrected chi connectivity index (χ1v) is 18.6. The molecule has 0 radical (unpaired) electrons. The molecule has 4 rings (SSSR count). The van der Waals surface area contributed by atoms with Crippen LogP contribution < -0.4 is 9.03 Å². The van der Waals surface area contributed by atoms with Crippen LogP contribution in [0, 0.1) is 13.8 Å². The van der Waals surface area contributed by atoms with E-state index in [2.05, 4.69) is 40.1 Å². The van der Waals surface area contributed by atoms with Gasteiger partial charge in [0.15, 0.2) is 0 Å². The minimum absolute atomic E-state index is 0.0870. The Bertz CT molecular complexity index is 1850. The standard InChI is InChI=1S/C16H18N2O4S.C8H8BrNO2.C8H11NO2S/c1-12-5-4-6-15(9-12)18(23(3,20)21)11-14-8-7-13(10-17-14)16(19)22-2;1-12-8(11)6-2-3-7(4-9)10-5-6;1-7-4-3-5-8(6-7)9-12(2,10)11/h4-10H,11H2,1-3H3;2-3,5H,4H2,1H3;3-6,9H,1-2H3. The van der Waals surface area contributed by atoms with Crippen LogP contribution in [0.15, 0.2) is 85.2 Å². The van der Waals surface area contributed by atoms with Gasteiger partial charge in [-0.2, -0.15) is 0 Å². The van der Waals surface area contributed by atoms with Gasteiger partial charge in [0.25, 0.3) is 0 Å². The van der Waals surface area contributed by atoms with Crippen LogP contribution in [0.4, 0.5) is 11.4 Å². The fraction of sp³-hybridized carbons (Fsp3) is 0.250. The van der Waals surface area contributed by atoms with Crippen LogP contribution in [-0.2, 0) is 41.4 Å². The van der Waals surface area contributed by atoms with Crippen LogP contribution >= 0.6 is 15.9 Å². The number of aromatic nitrogens is 2. The Morgan fingerprint density at radius 2 is 1.28 bits per heavy atom. The van der Waals surface area contributed by atoms with Crippen molar-refractivity contribution in [3.8, 4) is 0 Å². The van der Waals surface area contributed by atoms with Crippen molar-refractivity contribution in [2.45, 2.75) is 25.7 Å². The Labute approximate surface area is 284 Å². The quantitative estimate of drug-likeness (QED) is 0.176. The Morgan fingerprint density at radius 1 is 0.766 bits per heavy atom. The lowest BCUT2D eigenvalue weighted by Gasteiger charge is -2.22. The molecule has 47 heavy (non-hydrogen) atoms. The highest BCUT2D eigenvalue weighted by atomic mass is 79.9. The van der Waals surface area contributed by atoms with Crippen LogP contribution in [0.1, 0.15) is 43.2 Å². The van der Waals surface area contributed by atoms with E-state index in [0.29, 0.717) is 33.5 Å². The molecule has 0 saturated carbocycles. The molecule has 0 saturated heterocycles. The van der Waals surface area contributed by atoms with Gasteiger partial charge in [0.05, 0.1) is 61.5 Å². The average Bonchev–Trinajstić information content (AvgIpc) is 3.02. The van der Waals surface area contributed by atoms with Gasteiger partial charge in [-0.1, -0.05) is 40.2 Å². The summed E-state index contributed by atoms with van der Waals surface area (Å²) < 4.78 is 58.6. The predicted octanol–water partition coefficient (Wildman–Crippen LogP) is 5.27. The van der Waals surface area contributed by atoms with Gasteiger partial charge in [-0.25, -0.2) is 26.4 Å². The summed E-state index contributed by atoms with van der Waals surface area (Å²) in [7, 11) is -3.97. The second kappa shape index (κ2) is 18.1. The van der Waals surface area contributed by atoms with Crippen LogP contribution in [0.3, 0.4) is 0 Å². The number of alkyl halides is 1. The van der Waals surface area contributed by atoms with E-state index in [1.807, 2.05) is 32.0 Å². The lowest BCUT2D eigenvalue weighted by atomic mass is 10.2. The first-order chi connectivity index (χ1) is 22.1. The molecule has 0 atom stereocenters. The Hall–Kier alpha value is -4.34. The third-order valence-corrected chi connectivity index (χ3v) is 8.27. The van der Waals surface area contributed by atoms with Crippen molar-refractivity contribution in [2.75, 3.05) is 35.8 Å². The summed E-state index contributed by atoms with van der Waals surface area (Å²) in [5.41, 5.74) is 5.39. The number of rotatable bonds is 9. The van der Waals surface area contributed by atoms with Crippen molar-refractivity contribution in [2.24, 2.45) is 0 Å². The molecule has 4 aromatic rings. The monoisotopic (exact) mass is 748 g/mol. The molecule has 0 aliphatic heterocycles. The molecule has 2 aromatic heterocycles. The van der Waals surface area contributed by atoms with E-state index in [1.54, 1.807) is 54.6 Å². The van der Waals surface area contributed by atoms with E-state index in [4.69, 9.17) is 0 Å². The second-order valence-electron chi connectivity index (χ2n) is 10.0. The summed E-state index contributed by atoms with van der Waals surface area (Å²) in [6, 6.07) is 21.1. The minimum atomic E-state index is -3.46. The number of carbonyl (C=O) groups excluding carboxylic acids is 2. The number of anilines is 2. The number of hydrogen-bond donors (Lipinski definition) is 1. The maximum absolute atomic E-state index is 12.1. The second-order valence-corrected chi connectivity index (χ2v) is 14.3. The fourth-order valence-corrected chi connectivity index (χ4v) is 5.50. The number of hydrogen-bond acceptors (Lipinski definition) is 10. The molecule has 1 N–H and O–H groups in total. The highest BCUT2D eigenvalue weighted by Gasteiger charge is 2.19. The Kier molecular flexibility index (Phi) is 15.0. The molecule has 0 aliphatic rings. The van der Waals surface area contributed by atoms with E-state index in [1.165, 1.54) is 30.9 Å². The Morgan fingerprint density at radius 3 is 1.68 bits per heavy atom. The number of pyridine rings is 2. The zero-order valence-corrected chi connectivity index (χ0v) is 30.0. The molecule has 0 bridgehead atoms. The number of halogens is 1. The summed E-state index contributed by atoms with van der Waals surface area (Å²) in [4.78, 5) is 30.5. The molecule has 15 heteroatoms. The molecule has 12 nitrogen and oxygen atoms in total. The topological polar surface area (TPSA) is 162 Å². The molecule has 2 heterocycles.